The highest BCUT2D eigenvalue weighted by atomic mass is 16.2. The number of hydrogen-bond donors (Lipinski definition) is 0. The van der Waals surface area contributed by atoms with Crippen LogP contribution in [0.5, 0.6) is 0 Å². The molecule has 1 saturated heterocycles. The van der Waals surface area contributed by atoms with Gasteiger partial charge in [0.05, 0.1) is 17.3 Å². The quantitative estimate of drug-likeness (QED) is 0.477. The zero-order valence-corrected chi connectivity index (χ0v) is 20.2. The first kappa shape index (κ1) is 23.2. The maximum absolute atomic E-state index is 13.1. The molecule has 0 radical (unpaired) electrons. The van der Waals surface area contributed by atoms with Crippen LogP contribution in [0.25, 0.3) is 16.7 Å². The van der Waals surface area contributed by atoms with E-state index in [9.17, 15) is 4.79 Å². The van der Waals surface area contributed by atoms with Gasteiger partial charge in [-0.1, -0.05) is 51.8 Å². The second-order valence-corrected chi connectivity index (χ2v) is 8.90. The van der Waals surface area contributed by atoms with Crippen molar-refractivity contribution in [3.8, 4) is 5.69 Å². The van der Waals surface area contributed by atoms with E-state index in [0.717, 1.165) is 93.1 Å². The van der Waals surface area contributed by atoms with Crippen molar-refractivity contribution in [1.82, 2.24) is 24.6 Å². The van der Waals surface area contributed by atoms with Crippen molar-refractivity contribution in [3.05, 3.63) is 42.4 Å². The molecule has 4 rings (SSSR count). The van der Waals surface area contributed by atoms with Crippen LogP contribution in [0.15, 0.2) is 36.5 Å². The smallest absolute Gasteiger partial charge is 0.225 e. The third-order valence-electron chi connectivity index (χ3n) is 6.57. The molecule has 3 aromatic rings. The van der Waals surface area contributed by atoms with Crippen LogP contribution in [0.1, 0.15) is 58.7 Å². The third-order valence-corrected chi connectivity index (χ3v) is 6.57. The molecule has 1 atom stereocenters. The fourth-order valence-electron chi connectivity index (χ4n) is 4.62. The lowest BCUT2D eigenvalue weighted by Crippen LogP contribution is -2.50. The van der Waals surface area contributed by atoms with Gasteiger partial charge in [-0.15, -0.1) is 0 Å². The first-order valence-electron chi connectivity index (χ1n) is 12.5. The molecule has 1 fully saturated rings. The predicted molar refractivity (Wildman–Crippen MR) is 133 cm³/mol. The first-order valence-corrected chi connectivity index (χ1v) is 12.5. The van der Waals surface area contributed by atoms with Crippen molar-refractivity contribution in [2.45, 2.75) is 59.3 Å². The fourth-order valence-corrected chi connectivity index (χ4v) is 4.62. The molecular weight excluding hydrogens is 412 g/mol. The van der Waals surface area contributed by atoms with Crippen LogP contribution in [0.3, 0.4) is 0 Å². The molecule has 1 aliphatic rings. The number of carbonyl (C=O) groups is 1. The van der Waals surface area contributed by atoms with Gasteiger partial charge in [-0.25, -0.2) is 14.6 Å². The summed E-state index contributed by atoms with van der Waals surface area (Å²) in [6, 6.07) is 10.1. The van der Waals surface area contributed by atoms with Gasteiger partial charge >= 0.3 is 0 Å². The van der Waals surface area contributed by atoms with E-state index in [1.54, 1.807) is 0 Å². The number of aryl methyl sites for hydroxylation is 1. The van der Waals surface area contributed by atoms with Crippen molar-refractivity contribution in [1.29, 1.82) is 0 Å². The van der Waals surface area contributed by atoms with Gasteiger partial charge in [0, 0.05) is 38.5 Å². The van der Waals surface area contributed by atoms with E-state index >= 15 is 0 Å². The van der Waals surface area contributed by atoms with Crippen LogP contribution in [0.4, 0.5) is 5.82 Å². The summed E-state index contributed by atoms with van der Waals surface area (Å²) in [5.41, 5.74) is 1.84. The molecule has 3 heterocycles. The van der Waals surface area contributed by atoms with Gasteiger partial charge in [0.25, 0.3) is 0 Å². The molecule has 1 amide bonds. The van der Waals surface area contributed by atoms with Crippen molar-refractivity contribution in [3.63, 3.8) is 0 Å². The number of fused-ring (bicyclic) bond motifs is 1. The van der Waals surface area contributed by atoms with Crippen LogP contribution in [0.2, 0.25) is 0 Å². The van der Waals surface area contributed by atoms with E-state index in [-0.39, 0.29) is 5.92 Å². The maximum atomic E-state index is 13.1. The summed E-state index contributed by atoms with van der Waals surface area (Å²) in [6.07, 6.45) is 7.87. The number of benzene rings is 1. The van der Waals surface area contributed by atoms with Gasteiger partial charge in [0.2, 0.25) is 5.91 Å². The van der Waals surface area contributed by atoms with Crippen LogP contribution in [0, 0.1) is 5.92 Å². The number of amides is 1. The Balaban J connectivity index is 1.57. The average Bonchev–Trinajstić information content (AvgIpc) is 3.29. The summed E-state index contributed by atoms with van der Waals surface area (Å²) in [5, 5.41) is 5.62. The number of unbranched alkanes of at least 4 members (excludes halogenated alkanes) is 1. The van der Waals surface area contributed by atoms with E-state index in [1.807, 2.05) is 41.2 Å². The summed E-state index contributed by atoms with van der Waals surface area (Å²) in [6.45, 7) is 9.51. The summed E-state index contributed by atoms with van der Waals surface area (Å²) in [7, 11) is 0. The Bertz CT molecular complexity index is 1060. The molecule has 1 aliphatic heterocycles. The topological polar surface area (TPSA) is 67.2 Å². The Kier molecular flexibility index (Phi) is 7.57. The average molecular weight is 449 g/mol. The standard InChI is InChI=1S/C26H36N6O/c1-4-7-12-20(6-3)26(33)31-17-15-30(16-18-31)24-22-19-27-32(21-13-9-8-10-14-21)25(22)29-23(28-24)11-5-2/h8-10,13-14,19-20H,4-7,11-12,15-18H2,1-3H3/t20-/m0/s1. The summed E-state index contributed by atoms with van der Waals surface area (Å²) < 4.78 is 1.90. The molecule has 1 aromatic carbocycles. The maximum Gasteiger partial charge on any atom is 0.225 e. The lowest BCUT2D eigenvalue weighted by Gasteiger charge is -2.37. The van der Waals surface area contributed by atoms with Crippen LogP contribution < -0.4 is 4.90 Å². The number of anilines is 1. The molecule has 33 heavy (non-hydrogen) atoms. The fraction of sp³-hybridized carbons (Fsp3) is 0.538. The van der Waals surface area contributed by atoms with Gasteiger partial charge < -0.3 is 9.80 Å². The van der Waals surface area contributed by atoms with Crippen LogP contribution >= 0.6 is 0 Å². The van der Waals surface area contributed by atoms with Crippen LogP contribution in [-0.4, -0.2) is 56.7 Å². The van der Waals surface area contributed by atoms with Crippen molar-refractivity contribution in [2.24, 2.45) is 5.92 Å². The van der Waals surface area contributed by atoms with Gasteiger partial charge in [-0.05, 0) is 31.4 Å². The normalized spacial score (nSPS) is 15.2. The molecule has 0 N–H and O–H groups in total. The predicted octanol–water partition coefficient (Wildman–Crippen LogP) is 4.63. The van der Waals surface area contributed by atoms with E-state index in [4.69, 9.17) is 9.97 Å². The Hall–Kier alpha value is -2.96. The number of aromatic nitrogens is 4. The van der Waals surface area contributed by atoms with Gasteiger partial charge in [0.15, 0.2) is 5.65 Å². The first-order chi connectivity index (χ1) is 16.2. The molecule has 0 aliphatic carbocycles. The molecule has 0 saturated carbocycles. The zero-order chi connectivity index (χ0) is 23.2. The van der Waals surface area contributed by atoms with Crippen molar-refractivity contribution < 1.29 is 4.79 Å². The summed E-state index contributed by atoms with van der Waals surface area (Å²) >= 11 is 0. The second-order valence-electron chi connectivity index (χ2n) is 8.90. The molecule has 176 valence electrons. The molecule has 0 bridgehead atoms. The lowest BCUT2D eigenvalue weighted by atomic mass is 9.97. The van der Waals surface area contributed by atoms with Crippen LogP contribution in [-0.2, 0) is 11.2 Å². The molecule has 7 heteroatoms. The molecule has 2 aromatic heterocycles. The van der Waals surface area contributed by atoms with Crippen molar-refractivity contribution in [2.75, 3.05) is 31.1 Å². The monoisotopic (exact) mass is 448 g/mol. The minimum atomic E-state index is 0.155. The molecule has 0 spiro atoms. The van der Waals surface area contributed by atoms with Gasteiger partial charge in [-0.2, -0.15) is 5.10 Å². The Morgan fingerprint density at radius 3 is 2.42 bits per heavy atom. The number of piperazine rings is 1. The van der Waals surface area contributed by atoms with E-state index in [2.05, 4.69) is 35.7 Å². The van der Waals surface area contributed by atoms with E-state index in [0.29, 0.717) is 5.91 Å². The third kappa shape index (κ3) is 5.02. The highest BCUT2D eigenvalue weighted by molar-refractivity contribution is 5.88. The van der Waals surface area contributed by atoms with E-state index in [1.165, 1.54) is 0 Å². The largest absolute Gasteiger partial charge is 0.352 e. The Morgan fingerprint density at radius 2 is 1.76 bits per heavy atom. The minimum Gasteiger partial charge on any atom is -0.352 e. The van der Waals surface area contributed by atoms with Gasteiger partial charge in [-0.3, -0.25) is 4.79 Å². The van der Waals surface area contributed by atoms with Gasteiger partial charge in [0.1, 0.15) is 11.6 Å². The highest BCUT2D eigenvalue weighted by Gasteiger charge is 2.28. The number of rotatable bonds is 9. The number of carbonyl (C=O) groups excluding carboxylic acids is 1. The minimum absolute atomic E-state index is 0.155. The number of nitrogens with zero attached hydrogens (tertiary/aromatic N) is 6. The Morgan fingerprint density at radius 1 is 1.00 bits per heavy atom. The second kappa shape index (κ2) is 10.8. The zero-order valence-electron chi connectivity index (χ0n) is 20.2. The van der Waals surface area contributed by atoms with Crippen molar-refractivity contribution >= 4 is 22.8 Å². The Labute approximate surface area is 196 Å². The highest BCUT2D eigenvalue weighted by Crippen LogP contribution is 2.27. The number of hydrogen-bond acceptors (Lipinski definition) is 5. The van der Waals surface area contributed by atoms with E-state index < -0.39 is 0 Å². The molecular formula is C26H36N6O. The summed E-state index contributed by atoms with van der Waals surface area (Å²) in [5.74, 6) is 2.27. The SMILES string of the molecule is CCCC[C@H](CC)C(=O)N1CCN(c2nc(CCC)nc3c2cnn3-c2ccccc2)CC1. The summed E-state index contributed by atoms with van der Waals surface area (Å²) in [4.78, 5) is 27.2. The molecule has 7 nitrogen and oxygen atoms in total. The lowest BCUT2D eigenvalue weighted by molar-refractivity contribution is -0.136. The number of para-hydroxylation sites is 1. The molecule has 0 unspecified atom stereocenters.